The van der Waals surface area contributed by atoms with E-state index < -0.39 is 5.09 Å². The second kappa shape index (κ2) is 4.68. The molecule has 88 valence electrons. The number of hydrogen-bond acceptors (Lipinski definition) is 7. The van der Waals surface area contributed by atoms with Crippen LogP contribution in [0.2, 0.25) is 0 Å². The monoisotopic (exact) mass is 220 g/mol. The molecule has 0 saturated carbocycles. The zero-order valence-electron chi connectivity index (χ0n) is 8.45. The first-order chi connectivity index (χ1) is 6.63. The second-order valence-corrected chi connectivity index (χ2v) is 3.77. The van der Waals surface area contributed by atoms with Gasteiger partial charge in [0.05, 0.1) is 40.0 Å². The first-order valence-corrected chi connectivity index (χ1v) is 4.36. The van der Waals surface area contributed by atoms with Gasteiger partial charge in [0.25, 0.3) is 5.09 Å². The molecule has 9 heteroatoms. The predicted molar refractivity (Wildman–Crippen MR) is 50.4 cm³/mol. The molecular formula is C6H16N6O3. The van der Waals surface area contributed by atoms with Crippen molar-refractivity contribution < 1.29 is 10.3 Å². The zero-order chi connectivity index (χ0) is 10.1. The van der Waals surface area contributed by atoms with Gasteiger partial charge in [-0.05, 0) is 0 Å². The molecule has 0 radical (unpaired) electrons. The Hall–Kier alpha value is -1.00. The standard InChI is InChI=1S/C6H12N4.HNO3.H3N/c1-7-2-9-4-8(1)5-10(3-7)6-9;2-1(3)4;/h1-6H2;(H,2,3,4);1H3. The first kappa shape index (κ1) is 12.1. The molecule has 4 rings (SSSR count). The lowest BCUT2D eigenvalue weighted by molar-refractivity contribution is -0.742. The van der Waals surface area contributed by atoms with Crippen LogP contribution in [0.5, 0.6) is 0 Å². The summed E-state index contributed by atoms with van der Waals surface area (Å²) in [4.78, 5) is 18.2. The van der Waals surface area contributed by atoms with E-state index in [1.54, 1.807) is 0 Å². The summed E-state index contributed by atoms with van der Waals surface area (Å²) in [6, 6.07) is 0. The van der Waals surface area contributed by atoms with E-state index in [0.29, 0.717) is 0 Å². The van der Waals surface area contributed by atoms with Gasteiger partial charge in [0.15, 0.2) is 0 Å². The summed E-state index contributed by atoms with van der Waals surface area (Å²) < 4.78 is 0. The van der Waals surface area contributed by atoms with Crippen molar-refractivity contribution in [3.05, 3.63) is 10.1 Å². The Balaban J connectivity index is 0.000000200. The summed E-state index contributed by atoms with van der Waals surface area (Å²) >= 11 is 0. The normalized spacial score (nSPS) is 40.0. The molecule has 0 spiro atoms. The molecule has 0 aromatic rings. The first-order valence-electron chi connectivity index (χ1n) is 4.36. The minimum absolute atomic E-state index is 0. The van der Waals surface area contributed by atoms with Gasteiger partial charge in [0.2, 0.25) is 0 Å². The van der Waals surface area contributed by atoms with Crippen LogP contribution >= 0.6 is 0 Å². The van der Waals surface area contributed by atoms with Gasteiger partial charge < -0.3 is 11.4 Å². The van der Waals surface area contributed by atoms with Crippen molar-refractivity contribution >= 4 is 0 Å². The van der Waals surface area contributed by atoms with Crippen molar-refractivity contribution in [1.82, 2.24) is 25.8 Å². The molecule has 0 amide bonds. The fourth-order valence-electron chi connectivity index (χ4n) is 2.23. The molecule has 9 nitrogen and oxygen atoms in total. The van der Waals surface area contributed by atoms with Gasteiger partial charge in [0.1, 0.15) is 0 Å². The lowest BCUT2D eigenvalue weighted by Crippen LogP contribution is -2.71. The van der Waals surface area contributed by atoms with Crippen LogP contribution in [0, 0.1) is 10.1 Å². The van der Waals surface area contributed by atoms with Crippen LogP contribution in [-0.4, -0.2) is 69.9 Å². The van der Waals surface area contributed by atoms with Gasteiger partial charge in [0, 0.05) is 0 Å². The average molecular weight is 220 g/mol. The fraction of sp³-hybridized carbons (Fsp3) is 1.00. The van der Waals surface area contributed by atoms with Crippen molar-refractivity contribution in [2.75, 3.05) is 40.0 Å². The fourth-order valence-corrected chi connectivity index (χ4v) is 2.23. The minimum Gasteiger partial charge on any atom is -0.344 e. The van der Waals surface area contributed by atoms with E-state index in [2.05, 4.69) is 19.6 Å². The summed E-state index contributed by atoms with van der Waals surface area (Å²) in [5.41, 5.74) is 0. The lowest BCUT2D eigenvalue weighted by Gasteiger charge is -2.56. The summed E-state index contributed by atoms with van der Waals surface area (Å²) in [5.74, 6) is 0. The van der Waals surface area contributed by atoms with Crippen LogP contribution in [0.1, 0.15) is 0 Å². The highest BCUT2D eigenvalue weighted by atomic mass is 16.9. The van der Waals surface area contributed by atoms with E-state index in [-0.39, 0.29) is 6.15 Å². The molecule has 0 unspecified atom stereocenters. The Bertz CT molecular complexity index is 176. The van der Waals surface area contributed by atoms with Crippen LogP contribution in [0.3, 0.4) is 0 Å². The zero-order valence-corrected chi connectivity index (χ0v) is 8.45. The Kier molecular flexibility index (Phi) is 3.77. The molecule has 0 aliphatic carbocycles. The number of rotatable bonds is 0. The molecule has 4 saturated heterocycles. The third kappa shape index (κ3) is 2.97. The SMILES string of the molecule is C1N2CN3CN1CN(C2)C3.N.O=[N+]([O-])O. The Labute approximate surface area is 87.1 Å². The highest BCUT2D eigenvalue weighted by Crippen LogP contribution is 2.20. The molecular weight excluding hydrogens is 204 g/mol. The topological polar surface area (TPSA) is 111 Å². The molecule has 15 heavy (non-hydrogen) atoms. The molecule has 4 N–H and O–H groups in total. The van der Waals surface area contributed by atoms with Gasteiger partial charge in [-0.3, -0.25) is 19.6 Å². The Morgan fingerprint density at radius 3 is 1.13 bits per heavy atom. The lowest BCUT2D eigenvalue weighted by atomic mass is 10.4. The van der Waals surface area contributed by atoms with Crippen LogP contribution in [0.15, 0.2) is 0 Å². The molecule has 4 bridgehead atoms. The summed E-state index contributed by atoms with van der Waals surface area (Å²) in [7, 11) is 0. The van der Waals surface area contributed by atoms with Crippen molar-refractivity contribution in [3.63, 3.8) is 0 Å². The van der Waals surface area contributed by atoms with Crippen LogP contribution in [0.25, 0.3) is 0 Å². The van der Waals surface area contributed by atoms with Crippen molar-refractivity contribution in [3.8, 4) is 0 Å². The maximum Gasteiger partial charge on any atom is 0.291 e. The third-order valence-electron chi connectivity index (χ3n) is 2.40. The van der Waals surface area contributed by atoms with E-state index >= 15 is 0 Å². The van der Waals surface area contributed by atoms with Crippen molar-refractivity contribution in [2.45, 2.75) is 0 Å². The van der Waals surface area contributed by atoms with E-state index in [1.807, 2.05) is 0 Å². The minimum atomic E-state index is -1.50. The number of hydrogen-bond donors (Lipinski definition) is 2. The van der Waals surface area contributed by atoms with Gasteiger partial charge in [-0.25, -0.2) is 0 Å². The van der Waals surface area contributed by atoms with E-state index in [0.717, 1.165) is 0 Å². The second-order valence-electron chi connectivity index (χ2n) is 3.77. The maximum atomic E-state index is 8.36. The molecule has 0 aromatic heterocycles. The largest absolute Gasteiger partial charge is 0.344 e. The quantitative estimate of drug-likeness (QED) is 0.386. The van der Waals surface area contributed by atoms with E-state index in [1.165, 1.54) is 40.0 Å². The van der Waals surface area contributed by atoms with Crippen LogP contribution in [0.4, 0.5) is 0 Å². The van der Waals surface area contributed by atoms with Crippen LogP contribution < -0.4 is 6.15 Å². The molecule has 4 fully saturated rings. The summed E-state index contributed by atoms with van der Waals surface area (Å²) in [6.45, 7) is 7.12. The summed E-state index contributed by atoms with van der Waals surface area (Å²) in [5, 5.41) is 13.6. The van der Waals surface area contributed by atoms with Gasteiger partial charge in [-0.15, -0.1) is 10.1 Å². The number of nitrogens with zero attached hydrogens (tertiary/aromatic N) is 5. The van der Waals surface area contributed by atoms with E-state index in [4.69, 9.17) is 15.3 Å². The molecule has 0 atom stereocenters. The highest BCUT2D eigenvalue weighted by molar-refractivity contribution is 4.79. The van der Waals surface area contributed by atoms with E-state index in [9.17, 15) is 0 Å². The molecule has 4 aliphatic heterocycles. The van der Waals surface area contributed by atoms with Gasteiger partial charge in [-0.1, -0.05) is 0 Å². The van der Waals surface area contributed by atoms with Crippen molar-refractivity contribution in [2.24, 2.45) is 0 Å². The maximum absolute atomic E-state index is 8.36. The molecule has 4 aliphatic rings. The smallest absolute Gasteiger partial charge is 0.291 e. The van der Waals surface area contributed by atoms with Gasteiger partial charge >= 0.3 is 0 Å². The Morgan fingerprint density at radius 2 is 1.00 bits per heavy atom. The van der Waals surface area contributed by atoms with Crippen LogP contribution in [-0.2, 0) is 0 Å². The highest BCUT2D eigenvalue weighted by Gasteiger charge is 2.36. The Morgan fingerprint density at radius 1 is 0.867 bits per heavy atom. The molecule has 4 heterocycles. The summed E-state index contributed by atoms with van der Waals surface area (Å²) in [6.07, 6.45) is 0. The molecule has 0 aromatic carbocycles. The average Bonchev–Trinajstić information content (AvgIpc) is 1.98. The van der Waals surface area contributed by atoms with Gasteiger partial charge in [-0.2, -0.15) is 0 Å². The van der Waals surface area contributed by atoms with Crippen molar-refractivity contribution in [1.29, 1.82) is 0 Å². The predicted octanol–water partition coefficient (Wildman–Crippen LogP) is -1.21. The third-order valence-corrected chi connectivity index (χ3v) is 2.40.